The van der Waals surface area contributed by atoms with E-state index in [0.29, 0.717) is 11.4 Å². The number of fused-ring (bicyclic) bond motifs is 3. The van der Waals surface area contributed by atoms with Crippen LogP contribution in [0.15, 0.2) is 71.2 Å². The van der Waals surface area contributed by atoms with Crippen LogP contribution < -0.4 is 9.64 Å². The van der Waals surface area contributed by atoms with Gasteiger partial charge >= 0.3 is 0 Å². The maximum atomic E-state index is 15.8. The molecule has 0 amide bonds. The molecule has 0 aliphatic carbocycles. The van der Waals surface area contributed by atoms with Crippen LogP contribution in [0, 0.1) is 5.82 Å². The van der Waals surface area contributed by atoms with Crippen LogP contribution in [0.4, 0.5) is 21.5 Å². The first-order valence-electron chi connectivity index (χ1n) is 9.99. The predicted molar refractivity (Wildman–Crippen MR) is 130 cm³/mol. The summed E-state index contributed by atoms with van der Waals surface area (Å²) in [6.07, 6.45) is 0. The van der Waals surface area contributed by atoms with E-state index in [-0.39, 0.29) is 5.02 Å². The highest BCUT2D eigenvalue weighted by Crippen LogP contribution is 2.56. The van der Waals surface area contributed by atoms with E-state index in [1.165, 1.54) is 0 Å². The van der Waals surface area contributed by atoms with Crippen LogP contribution >= 0.6 is 27.5 Å². The van der Waals surface area contributed by atoms with E-state index in [4.69, 9.17) is 16.3 Å². The van der Waals surface area contributed by atoms with Gasteiger partial charge in [0.05, 0.1) is 29.2 Å². The first-order chi connectivity index (χ1) is 14.8. The molecule has 1 aliphatic heterocycles. The number of hydrogen-bond donors (Lipinski definition) is 0. The van der Waals surface area contributed by atoms with E-state index in [1.54, 1.807) is 13.2 Å². The van der Waals surface area contributed by atoms with Crippen molar-refractivity contribution in [1.82, 2.24) is 0 Å². The zero-order valence-electron chi connectivity index (χ0n) is 17.3. The lowest BCUT2D eigenvalue weighted by Gasteiger charge is -2.43. The number of halogens is 3. The molecule has 1 aliphatic rings. The number of benzene rings is 4. The molecule has 1 heterocycles. The van der Waals surface area contributed by atoms with Crippen LogP contribution in [0.5, 0.6) is 5.75 Å². The molecule has 0 radical (unpaired) electrons. The molecule has 0 N–H and O–H groups in total. The minimum absolute atomic E-state index is 0.0946. The number of methoxy groups -OCH3 is 1. The third-order valence-corrected chi connectivity index (χ3v) is 6.93. The summed E-state index contributed by atoms with van der Waals surface area (Å²) in [4.78, 5) is 1.96. The van der Waals surface area contributed by atoms with Crippen LogP contribution in [-0.2, 0) is 5.41 Å². The van der Waals surface area contributed by atoms with Crippen LogP contribution in [0.1, 0.15) is 25.0 Å². The minimum atomic E-state index is -0.437. The largest absolute Gasteiger partial charge is 0.495 e. The van der Waals surface area contributed by atoms with E-state index in [0.717, 1.165) is 37.7 Å². The molecule has 0 saturated heterocycles. The van der Waals surface area contributed by atoms with Crippen molar-refractivity contribution in [1.29, 1.82) is 0 Å². The van der Waals surface area contributed by atoms with E-state index in [2.05, 4.69) is 35.8 Å². The Morgan fingerprint density at radius 1 is 0.935 bits per heavy atom. The molecule has 0 saturated carbocycles. The number of anilines is 3. The van der Waals surface area contributed by atoms with Crippen molar-refractivity contribution < 1.29 is 9.13 Å². The summed E-state index contributed by atoms with van der Waals surface area (Å²) in [5.74, 6) is 0.225. The molecule has 2 nitrogen and oxygen atoms in total. The second-order valence-corrected chi connectivity index (χ2v) is 9.54. The van der Waals surface area contributed by atoms with Crippen LogP contribution in [0.2, 0.25) is 5.02 Å². The Hall–Kier alpha value is -2.56. The number of nitrogens with zero attached hydrogens (tertiary/aromatic N) is 1. The molecule has 4 aromatic rings. The molecule has 5 rings (SSSR count). The fraction of sp³-hybridized carbons (Fsp3) is 0.154. The highest BCUT2D eigenvalue weighted by molar-refractivity contribution is 9.10. The molecular formula is C26H20BrClFNO. The second-order valence-electron chi connectivity index (χ2n) is 8.22. The van der Waals surface area contributed by atoms with Crippen LogP contribution in [0.3, 0.4) is 0 Å². The van der Waals surface area contributed by atoms with Gasteiger partial charge in [0, 0.05) is 15.3 Å². The van der Waals surface area contributed by atoms with E-state index in [9.17, 15) is 0 Å². The fourth-order valence-corrected chi connectivity index (χ4v) is 5.11. The normalized spacial score (nSPS) is 14.3. The lowest BCUT2D eigenvalue weighted by Crippen LogP contribution is -2.31. The Morgan fingerprint density at radius 3 is 2.45 bits per heavy atom. The SMILES string of the molecule is COc1ccc2ccccc2c1N1c2cc(Br)ccc2C(C)(C)c2ccc(Cl)c(F)c21. The predicted octanol–water partition coefficient (Wildman–Crippen LogP) is 8.51. The lowest BCUT2D eigenvalue weighted by atomic mass is 9.73. The minimum Gasteiger partial charge on any atom is -0.495 e. The highest BCUT2D eigenvalue weighted by atomic mass is 79.9. The van der Waals surface area contributed by atoms with Crippen molar-refractivity contribution in [2.75, 3.05) is 12.0 Å². The van der Waals surface area contributed by atoms with Crippen molar-refractivity contribution in [3.8, 4) is 5.75 Å². The van der Waals surface area contributed by atoms with Gasteiger partial charge in [0.1, 0.15) is 5.75 Å². The summed E-state index contributed by atoms with van der Waals surface area (Å²) in [5.41, 5.74) is 3.70. The van der Waals surface area contributed by atoms with Crippen molar-refractivity contribution in [2.24, 2.45) is 0 Å². The van der Waals surface area contributed by atoms with E-state index >= 15 is 4.39 Å². The van der Waals surface area contributed by atoms with Crippen molar-refractivity contribution in [2.45, 2.75) is 19.3 Å². The van der Waals surface area contributed by atoms with Gasteiger partial charge in [-0.3, -0.25) is 0 Å². The molecule has 0 atom stereocenters. The average molecular weight is 497 g/mol. The van der Waals surface area contributed by atoms with Crippen molar-refractivity contribution >= 4 is 55.4 Å². The first kappa shape index (κ1) is 20.3. The zero-order chi connectivity index (χ0) is 21.9. The number of rotatable bonds is 2. The zero-order valence-corrected chi connectivity index (χ0v) is 19.7. The van der Waals surface area contributed by atoms with E-state index < -0.39 is 11.2 Å². The molecule has 4 aromatic carbocycles. The van der Waals surface area contributed by atoms with Crippen molar-refractivity contribution in [3.63, 3.8) is 0 Å². The Labute approximate surface area is 194 Å². The van der Waals surface area contributed by atoms with Gasteiger partial charge in [-0.1, -0.05) is 83.8 Å². The third kappa shape index (κ3) is 2.96. The fourth-order valence-electron chi connectivity index (χ4n) is 4.61. The molecule has 31 heavy (non-hydrogen) atoms. The molecule has 0 bridgehead atoms. The van der Waals surface area contributed by atoms with Crippen LogP contribution in [-0.4, -0.2) is 7.11 Å². The second kappa shape index (κ2) is 7.25. The summed E-state index contributed by atoms with van der Waals surface area (Å²) in [6, 6.07) is 21.7. The molecular weight excluding hydrogens is 477 g/mol. The van der Waals surface area contributed by atoms with Crippen LogP contribution in [0.25, 0.3) is 10.8 Å². The van der Waals surface area contributed by atoms with E-state index in [1.807, 2.05) is 59.5 Å². The monoisotopic (exact) mass is 495 g/mol. The van der Waals surface area contributed by atoms with Gasteiger partial charge in [0.15, 0.2) is 5.82 Å². The summed E-state index contributed by atoms with van der Waals surface area (Å²) in [7, 11) is 1.64. The number of ether oxygens (including phenoxy) is 1. The topological polar surface area (TPSA) is 12.5 Å². The highest BCUT2D eigenvalue weighted by Gasteiger charge is 2.40. The summed E-state index contributed by atoms with van der Waals surface area (Å²) in [6.45, 7) is 4.23. The van der Waals surface area contributed by atoms with Gasteiger partial charge in [-0.25, -0.2) is 4.39 Å². The number of hydrogen-bond acceptors (Lipinski definition) is 2. The third-order valence-electron chi connectivity index (χ3n) is 6.15. The molecule has 0 spiro atoms. The summed E-state index contributed by atoms with van der Waals surface area (Å²) >= 11 is 9.91. The molecule has 0 unspecified atom stereocenters. The molecule has 156 valence electrons. The molecule has 0 aromatic heterocycles. The average Bonchev–Trinajstić information content (AvgIpc) is 2.76. The van der Waals surface area contributed by atoms with Gasteiger partial charge < -0.3 is 9.64 Å². The lowest BCUT2D eigenvalue weighted by molar-refractivity contribution is 0.416. The standard InChI is InChI=1S/C26H20BrClFNO/c1-26(2)18-10-9-16(27)14-21(18)30(25-19(26)11-12-20(28)23(25)29)24-17-7-5-4-6-15(17)8-13-22(24)31-3/h4-14H,1-3H3. The molecule has 0 fully saturated rings. The maximum absolute atomic E-state index is 15.8. The smallest absolute Gasteiger partial charge is 0.166 e. The Bertz CT molecular complexity index is 1350. The van der Waals surface area contributed by atoms with Gasteiger partial charge in [-0.2, -0.15) is 0 Å². The Balaban J connectivity index is 1.98. The Morgan fingerprint density at radius 2 is 1.68 bits per heavy atom. The summed E-state index contributed by atoms with van der Waals surface area (Å²) < 4.78 is 22.5. The first-order valence-corrected chi connectivity index (χ1v) is 11.2. The van der Waals surface area contributed by atoms with Gasteiger partial charge in [0.25, 0.3) is 0 Å². The van der Waals surface area contributed by atoms with Crippen molar-refractivity contribution in [3.05, 3.63) is 93.2 Å². The Kier molecular flexibility index (Phi) is 4.76. The van der Waals surface area contributed by atoms with Gasteiger partial charge in [-0.15, -0.1) is 0 Å². The van der Waals surface area contributed by atoms with Gasteiger partial charge in [0.2, 0.25) is 0 Å². The summed E-state index contributed by atoms with van der Waals surface area (Å²) in [5, 5.41) is 2.11. The quantitative estimate of drug-likeness (QED) is 0.276. The maximum Gasteiger partial charge on any atom is 0.166 e. The molecule has 5 heteroatoms. The van der Waals surface area contributed by atoms with Gasteiger partial charge in [-0.05, 0) is 40.8 Å².